The van der Waals surface area contributed by atoms with Crippen LogP contribution in [0, 0.1) is 0 Å². The Labute approximate surface area is 88.9 Å². The Balaban J connectivity index is 2.24. The van der Waals surface area contributed by atoms with Crippen molar-refractivity contribution >= 4 is 17.0 Å². The topological polar surface area (TPSA) is 29.9 Å². The fourth-order valence-corrected chi connectivity index (χ4v) is 1.94. The standard InChI is InChI=1S/C10H8F3N3/c11-10(12,13)6-1-2-7-8(5-6)16-4-3-14-9(16)15-7/h1-2,5H,3-4H2,(H,14,15). The Bertz CT molecular complexity index is 556. The number of hydrogen-bond acceptors (Lipinski definition) is 2. The summed E-state index contributed by atoms with van der Waals surface area (Å²) >= 11 is 0. The first kappa shape index (κ1) is 9.50. The minimum atomic E-state index is -4.30. The van der Waals surface area contributed by atoms with Crippen molar-refractivity contribution in [1.82, 2.24) is 9.55 Å². The van der Waals surface area contributed by atoms with Crippen molar-refractivity contribution in [2.45, 2.75) is 12.7 Å². The van der Waals surface area contributed by atoms with Crippen LogP contribution in [0.2, 0.25) is 0 Å². The summed E-state index contributed by atoms with van der Waals surface area (Å²) in [4.78, 5) is 4.20. The fourth-order valence-electron chi connectivity index (χ4n) is 1.94. The summed E-state index contributed by atoms with van der Waals surface area (Å²) in [6.07, 6.45) is -4.30. The molecule has 2 aromatic rings. The van der Waals surface area contributed by atoms with Crippen LogP contribution in [-0.2, 0) is 12.7 Å². The van der Waals surface area contributed by atoms with Gasteiger partial charge in [0.15, 0.2) is 0 Å². The van der Waals surface area contributed by atoms with Gasteiger partial charge in [0.05, 0.1) is 16.6 Å². The lowest BCUT2D eigenvalue weighted by atomic mass is 10.2. The van der Waals surface area contributed by atoms with Gasteiger partial charge in [0.25, 0.3) is 0 Å². The van der Waals surface area contributed by atoms with Crippen LogP contribution in [0.1, 0.15) is 5.56 Å². The van der Waals surface area contributed by atoms with Crippen molar-refractivity contribution in [3.63, 3.8) is 0 Å². The number of hydrogen-bond donors (Lipinski definition) is 1. The summed E-state index contributed by atoms with van der Waals surface area (Å²) in [5.41, 5.74) is 0.500. The van der Waals surface area contributed by atoms with Gasteiger partial charge in [-0.1, -0.05) is 0 Å². The molecule has 1 aliphatic rings. The molecule has 3 nitrogen and oxygen atoms in total. The third kappa shape index (κ3) is 1.26. The molecule has 0 saturated carbocycles. The monoisotopic (exact) mass is 227 g/mol. The summed E-state index contributed by atoms with van der Waals surface area (Å²) in [6, 6.07) is 3.62. The van der Waals surface area contributed by atoms with E-state index in [0.29, 0.717) is 30.1 Å². The lowest BCUT2D eigenvalue weighted by Crippen LogP contribution is -2.05. The van der Waals surface area contributed by atoms with Crippen LogP contribution in [-0.4, -0.2) is 16.1 Å². The predicted octanol–water partition coefficient (Wildman–Crippen LogP) is 2.48. The number of alkyl halides is 3. The van der Waals surface area contributed by atoms with E-state index in [0.717, 1.165) is 12.1 Å². The number of anilines is 1. The van der Waals surface area contributed by atoms with E-state index in [-0.39, 0.29) is 0 Å². The number of rotatable bonds is 0. The van der Waals surface area contributed by atoms with Crippen molar-refractivity contribution < 1.29 is 13.2 Å². The van der Waals surface area contributed by atoms with Crippen molar-refractivity contribution in [2.75, 3.05) is 11.9 Å². The molecule has 6 heteroatoms. The van der Waals surface area contributed by atoms with E-state index in [2.05, 4.69) is 10.3 Å². The molecule has 1 aromatic heterocycles. The Hall–Kier alpha value is -1.72. The van der Waals surface area contributed by atoms with Crippen LogP contribution in [0.15, 0.2) is 18.2 Å². The highest BCUT2D eigenvalue weighted by atomic mass is 19.4. The van der Waals surface area contributed by atoms with E-state index in [4.69, 9.17) is 0 Å². The summed E-state index contributed by atoms with van der Waals surface area (Å²) in [7, 11) is 0. The first-order valence-corrected chi connectivity index (χ1v) is 4.87. The van der Waals surface area contributed by atoms with Crippen molar-refractivity contribution in [3.05, 3.63) is 23.8 Å². The van der Waals surface area contributed by atoms with Gasteiger partial charge in [-0.05, 0) is 18.2 Å². The van der Waals surface area contributed by atoms with Crippen LogP contribution in [0.3, 0.4) is 0 Å². The summed E-state index contributed by atoms with van der Waals surface area (Å²) in [6.45, 7) is 1.38. The number of nitrogens with one attached hydrogen (secondary N) is 1. The van der Waals surface area contributed by atoms with Crippen molar-refractivity contribution in [1.29, 1.82) is 0 Å². The van der Waals surface area contributed by atoms with E-state index >= 15 is 0 Å². The first-order valence-electron chi connectivity index (χ1n) is 4.87. The Morgan fingerprint density at radius 1 is 1.31 bits per heavy atom. The second-order valence-electron chi connectivity index (χ2n) is 3.72. The minimum Gasteiger partial charge on any atom is -0.354 e. The zero-order valence-electron chi connectivity index (χ0n) is 8.17. The highest BCUT2D eigenvalue weighted by Crippen LogP contribution is 2.32. The number of aromatic nitrogens is 2. The predicted molar refractivity (Wildman–Crippen MR) is 53.2 cm³/mol. The quantitative estimate of drug-likeness (QED) is 0.749. The molecule has 1 aliphatic heterocycles. The molecule has 0 bridgehead atoms. The van der Waals surface area contributed by atoms with E-state index < -0.39 is 11.7 Å². The summed E-state index contributed by atoms with van der Waals surface area (Å²) < 4.78 is 39.4. The van der Waals surface area contributed by atoms with Gasteiger partial charge in [0.1, 0.15) is 0 Å². The van der Waals surface area contributed by atoms with Crippen LogP contribution in [0.5, 0.6) is 0 Å². The van der Waals surface area contributed by atoms with E-state index in [9.17, 15) is 13.2 Å². The van der Waals surface area contributed by atoms with Gasteiger partial charge in [-0.25, -0.2) is 4.98 Å². The molecule has 0 aliphatic carbocycles. The number of benzene rings is 1. The van der Waals surface area contributed by atoms with Crippen molar-refractivity contribution in [3.8, 4) is 0 Å². The largest absolute Gasteiger partial charge is 0.416 e. The average Bonchev–Trinajstić information content (AvgIpc) is 2.74. The number of nitrogens with zero attached hydrogens (tertiary/aromatic N) is 2. The smallest absolute Gasteiger partial charge is 0.354 e. The molecule has 2 heterocycles. The number of halogens is 3. The van der Waals surface area contributed by atoms with E-state index in [1.807, 2.05) is 0 Å². The SMILES string of the molecule is FC(F)(F)c1ccc2nc3n(c2c1)CCN3. The Kier molecular flexibility index (Phi) is 1.72. The molecule has 84 valence electrons. The Morgan fingerprint density at radius 3 is 2.88 bits per heavy atom. The van der Waals surface area contributed by atoms with E-state index in [1.165, 1.54) is 6.07 Å². The molecule has 0 atom stereocenters. The summed E-state index contributed by atoms with van der Waals surface area (Å²) in [5, 5.41) is 3.02. The normalized spacial score (nSPS) is 15.2. The molecule has 0 spiro atoms. The minimum absolute atomic E-state index is 0.537. The molecular weight excluding hydrogens is 219 g/mol. The molecule has 16 heavy (non-hydrogen) atoms. The molecule has 0 saturated heterocycles. The van der Waals surface area contributed by atoms with Gasteiger partial charge in [-0.2, -0.15) is 13.2 Å². The van der Waals surface area contributed by atoms with Gasteiger partial charge >= 0.3 is 6.18 Å². The van der Waals surface area contributed by atoms with Gasteiger partial charge < -0.3 is 9.88 Å². The third-order valence-corrected chi connectivity index (χ3v) is 2.69. The maximum Gasteiger partial charge on any atom is 0.416 e. The maximum atomic E-state index is 12.5. The zero-order chi connectivity index (χ0) is 11.3. The third-order valence-electron chi connectivity index (χ3n) is 2.69. The molecule has 0 amide bonds. The van der Waals surface area contributed by atoms with Gasteiger partial charge in [0.2, 0.25) is 5.95 Å². The molecule has 1 aromatic carbocycles. The first-order chi connectivity index (χ1) is 7.55. The number of fused-ring (bicyclic) bond motifs is 3. The Morgan fingerprint density at radius 2 is 2.12 bits per heavy atom. The van der Waals surface area contributed by atoms with Gasteiger partial charge in [-0.3, -0.25) is 0 Å². The fraction of sp³-hybridized carbons (Fsp3) is 0.300. The zero-order valence-corrected chi connectivity index (χ0v) is 8.17. The second kappa shape index (κ2) is 2.90. The highest BCUT2D eigenvalue weighted by Gasteiger charge is 2.31. The van der Waals surface area contributed by atoms with Crippen LogP contribution >= 0.6 is 0 Å². The lowest BCUT2D eigenvalue weighted by Gasteiger charge is -2.06. The average molecular weight is 227 g/mol. The van der Waals surface area contributed by atoms with Gasteiger partial charge in [-0.15, -0.1) is 0 Å². The van der Waals surface area contributed by atoms with Crippen molar-refractivity contribution in [2.24, 2.45) is 0 Å². The highest BCUT2D eigenvalue weighted by molar-refractivity contribution is 5.80. The molecular formula is C10H8F3N3. The lowest BCUT2D eigenvalue weighted by molar-refractivity contribution is -0.137. The maximum absolute atomic E-state index is 12.5. The second-order valence-corrected chi connectivity index (χ2v) is 3.72. The van der Waals surface area contributed by atoms with Crippen LogP contribution in [0.4, 0.5) is 19.1 Å². The number of imidazole rings is 1. The molecule has 3 rings (SSSR count). The van der Waals surface area contributed by atoms with E-state index in [1.54, 1.807) is 4.57 Å². The molecule has 0 radical (unpaired) electrons. The van der Waals surface area contributed by atoms with Crippen LogP contribution in [0.25, 0.3) is 11.0 Å². The van der Waals surface area contributed by atoms with Crippen LogP contribution < -0.4 is 5.32 Å². The molecule has 0 fully saturated rings. The molecule has 0 unspecified atom stereocenters. The molecule has 1 N–H and O–H groups in total. The summed E-state index contributed by atoms with van der Waals surface area (Å²) in [5.74, 6) is 0.648. The van der Waals surface area contributed by atoms with Gasteiger partial charge in [0, 0.05) is 13.1 Å².